The second-order valence-electron chi connectivity index (χ2n) is 6.67. The quantitative estimate of drug-likeness (QED) is 0.447. The summed E-state index contributed by atoms with van der Waals surface area (Å²) < 4.78 is 4.31. The predicted molar refractivity (Wildman–Crippen MR) is 117 cm³/mol. The van der Waals surface area contributed by atoms with E-state index in [1.54, 1.807) is 27.7 Å². The van der Waals surface area contributed by atoms with Gasteiger partial charge in [0.1, 0.15) is 0 Å². The Labute approximate surface area is 175 Å². The molecule has 5 aromatic rings. The summed E-state index contributed by atoms with van der Waals surface area (Å²) >= 11 is 7.79. The maximum Gasteiger partial charge on any atom is 0.265 e. The molecular weight excluding hydrogens is 406 g/mol. The second-order valence-corrected chi connectivity index (χ2v) is 7.99. The molecule has 0 aliphatic heterocycles. The van der Waals surface area contributed by atoms with Gasteiger partial charge in [0.15, 0.2) is 5.65 Å². The van der Waals surface area contributed by atoms with Crippen molar-refractivity contribution in [3.05, 3.63) is 87.5 Å². The lowest BCUT2D eigenvalue weighted by atomic mass is 10.1. The van der Waals surface area contributed by atoms with E-state index in [0.717, 1.165) is 27.4 Å². The van der Waals surface area contributed by atoms with Crippen LogP contribution in [0.25, 0.3) is 21.4 Å². The first kappa shape index (κ1) is 17.9. The Bertz CT molecular complexity index is 1390. The largest absolute Gasteiger partial charge is 0.374 e. The van der Waals surface area contributed by atoms with Crippen molar-refractivity contribution in [1.29, 1.82) is 0 Å². The maximum absolute atomic E-state index is 13.4. The number of pyridine rings is 1. The first-order valence-electron chi connectivity index (χ1n) is 9.06. The molecule has 8 heteroatoms. The van der Waals surface area contributed by atoms with Crippen molar-refractivity contribution in [3.63, 3.8) is 0 Å². The molecule has 0 fully saturated rings. The van der Waals surface area contributed by atoms with Gasteiger partial charge in [0.2, 0.25) is 0 Å². The second kappa shape index (κ2) is 7.02. The van der Waals surface area contributed by atoms with E-state index in [4.69, 9.17) is 11.6 Å². The molecule has 1 N–H and O–H groups in total. The summed E-state index contributed by atoms with van der Waals surface area (Å²) in [5.41, 5.74) is 3.09. The van der Waals surface area contributed by atoms with Crippen molar-refractivity contribution in [2.45, 2.75) is 13.0 Å². The number of rotatable bonds is 4. The van der Waals surface area contributed by atoms with Gasteiger partial charge in [-0.1, -0.05) is 29.8 Å². The van der Waals surface area contributed by atoms with Crippen molar-refractivity contribution in [3.8, 4) is 5.69 Å². The van der Waals surface area contributed by atoms with Crippen LogP contribution in [-0.2, 0) is 0 Å². The fraction of sp³-hybridized carbons (Fsp3) is 0.0952. The van der Waals surface area contributed by atoms with Crippen LogP contribution in [0.1, 0.15) is 18.7 Å². The smallest absolute Gasteiger partial charge is 0.265 e. The van der Waals surface area contributed by atoms with E-state index in [1.807, 2.05) is 54.8 Å². The van der Waals surface area contributed by atoms with Crippen LogP contribution < -0.4 is 10.9 Å². The minimum atomic E-state index is -0.170. The first-order chi connectivity index (χ1) is 14.1. The Hall–Kier alpha value is -3.16. The Morgan fingerprint density at radius 3 is 2.83 bits per heavy atom. The molecule has 0 aliphatic carbocycles. The molecular formula is C21H16ClN5OS. The molecule has 29 heavy (non-hydrogen) atoms. The summed E-state index contributed by atoms with van der Waals surface area (Å²) in [5, 5.41) is 10.6. The number of thiophene rings is 1. The first-order valence-corrected chi connectivity index (χ1v) is 10.3. The van der Waals surface area contributed by atoms with E-state index >= 15 is 0 Å². The zero-order valence-electron chi connectivity index (χ0n) is 15.4. The lowest BCUT2D eigenvalue weighted by Crippen LogP contribution is -2.25. The van der Waals surface area contributed by atoms with E-state index in [-0.39, 0.29) is 11.6 Å². The van der Waals surface area contributed by atoms with Gasteiger partial charge in [0.05, 0.1) is 28.3 Å². The van der Waals surface area contributed by atoms with Crippen LogP contribution in [0.5, 0.6) is 0 Å². The van der Waals surface area contributed by atoms with Crippen molar-refractivity contribution in [2.75, 3.05) is 5.32 Å². The van der Waals surface area contributed by atoms with Crippen LogP contribution in [0.3, 0.4) is 0 Å². The van der Waals surface area contributed by atoms with Gasteiger partial charge in [-0.15, -0.1) is 11.3 Å². The fourth-order valence-corrected chi connectivity index (χ4v) is 4.74. The van der Waals surface area contributed by atoms with Crippen molar-refractivity contribution >= 4 is 44.4 Å². The van der Waals surface area contributed by atoms with Gasteiger partial charge in [0, 0.05) is 33.9 Å². The van der Waals surface area contributed by atoms with E-state index < -0.39 is 0 Å². The van der Waals surface area contributed by atoms with E-state index in [9.17, 15) is 4.79 Å². The number of hydrogen-bond acceptors (Lipinski definition) is 5. The average Bonchev–Trinajstić information content (AvgIpc) is 3.36. The average molecular weight is 422 g/mol. The summed E-state index contributed by atoms with van der Waals surface area (Å²) in [6.45, 7) is 2.02. The molecule has 0 bridgehead atoms. The molecule has 5 rings (SSSR count). The van der Waals surface area contributed by atoms with Crippen LogP contribution >= 0.6 is 22.9 Å². The molecule has 0 radical (unpaired) electrons. The minimum Gasteiger partial charge on any atom is -0.374 e. The van der Waals surface area contributed by atoms with Crippen LogP contribution in [0.15, 0.2) is 71.2 Å². The molecule has 1 aromatic carbocycles. The number of anilines is 1. The number of halogens is 1. The zero-order chi connectivity index (χ0) is 20.0. The normalized spacial score (nSPS) is 12.5. The van der Waals surface area contributed by atoms with E-state index in [1.165, 1.54) is 11.3 Å². The number of hydrogen-bond donors (Lipinski definition) is 1. The number of fused-ring (bicyclic) bond motifs is 2. The van der Waals surface area contributed by atoms with Crippen molar-refractivity contribution in [1.82, 2.24) is 19.2 Å². The topological polar surface area (TPSA) is 64.2 Å². The van der Waals surface area contributed by atoms with Gasteiger partial charge in [0.25, 0.3) is 5.56 Å². The lowest BCUT2D eigenvalue weighted by molar-refractivity contribution is 0.777. The standard InChI is InChI=1S/C21H16ClN5OS/c1-13(25-16-7-8-24-26-10-9-23-20(16)26)17-11-18-19(15(22)12-29-18)21(28)27(17)14-5-3-2-4-6-14/h2-13,25H,1H3. The zero-order valence-corrected chi connectivity index (χ0v) is 17.0. The molecule has 1 unspecified atom stereocenters. The van der Waals surface area contributed by atoms with Gasteiger partial charge in [-0.2, -0.15) is 5.10 Å². The monoisotopic (exact) mass is 421 g/mol. The number of para-hydroxylation sites is 1. The van der Waals surface area contributed by atoms with Crippen LogP contribution in [0, 0.1) is 0 Å². The molecule has 0 amide bonds. The van der Waals surface area contributed by atoms with Crippen molar-refractivity contribution < 1.29 is 0 Å². The highest BCUT2D eigenvalue weighted by molar-refractivity contribution is 7.17. The Balaban J connectivity index is 1.69. The number of nitrogens with one attached hydrogen (secondary N) is 1. The van der Waals surface area contributed by atoms with Gasteiger partial charge in [-0.25, -0.2) is 9.50 Å². The highest BCUT2D eigenvalue weighted by atomic mass is 35.5. The third-order valence-corrected chi connectivity index (χ3v) is 6.21. The number of aromatic nitrogens is 4. The highest BCUT2D eigenvalue weighted by Crippen LogP contribution is 2.31. The van der Waals surface area contributed by atoms with Gasteiger partial charge in [-0.3, -0.25) is 9.36 Å². The van der Waals surface area contributed by atoms with Crippen LogP contribution in [-0.4, -0.2) is 19.2 Å². The third kappa shape index (κ3) is 2.99. The number of nitrogens with zero attached hydrogens (tertiary/aromatic N) is 4. The third-order valence-electron chi connectivity index (χ3n) is 4.85. The Kier molecular flexibility index (Phi) is 4.34. The highest BCUT2D eigenvalue weighted by Gasteiger charge is 2.19. The SMILES string of the molecule is CC(Nc1ccnn2ccnc12)c1cc2scc(Cl)c2c(=O)n1-c1ccccc1. The molecule has 4 heterocycles. The summed E-state index contributed by atoms with van der Waals surface area (Å²) in [6, 6.07) is 13.3. The molecule has 144 valence electrons. The lowest BCUT2D eigenvalue weighted by Gasteiger charge is -2.21. The maximum atomic E-state index is 13.4. The molecule has 1 atom stereocenters. The molecule has 6 nitrogen and oxygen atoms in total. The van der Waals surface area contributed by atoms with E-state index in [0.29, 0.717) is 10.4 Å². The molecule has 0 saturated heterocycles. The summed E-state index contributed by atoms with van der Waals surface area (Å²) in [6.07, 6.45) is 5.22. The molecule has 0 spiro atoms. The number of benzene rings is 1. The van der Waals surface area contributed by atoms with Gasteiger partial charge in [-0.05, 0) is 31.2 Å². The molecule has 0 aliphatic rings. The van der Waals surface area contributed by atoms with Gasteiger partial charge < -0.3 is 5.32 Å². The summed E-state index contributed by atoms with van der Waals surface area (Å²) in [5.74, 6) is 0. The summed E-state index contributed by atoms with van der Waals surface area (Å²) in [7, 11) is 0. The Morgan fingerprint density at radius 2 is 2.00 bits per heavy atom. The summed E-state index contributed by atoms with van der Waals surface area (Å²) in [4.78, 5) is 17.8. The van der Waals surface area contributed by atoms with Crippen molar-refractivity contribution in [2.24, 2.45) is 0 Å². The predicted octanol–water partition coefficient (Wildman–Crippen LogP) is 4.92. The van der Waals surface area contributed by atoms with Crippen LogP contribution in [0.2, 0.25) is 5.02 Å². The molecule has 0 saturated carbocycles. The van der Waals surface area contributed by atoms with E-state index in [2.05, 4.69) is 15.4 Å². The van der Waals surface area contributed by atoms with Crippen LogP contribution in [0.4, 0.5) is 5.69 Å². The fourth-order valence-electron chi connectivity index (χ4n) is 3.51. The Morgan fingerprint density at radius 1 is 1.17 bits per heavy atom. The number of imidazole rings is 1. The van der Waals surface area contributed by atoms with Gasteiger partial charge >= 0.3 is 0 Å². The molecule has 4 aromatic heterocycles. The minimum absolute atomic E-state index is 0.121.